The van der Waals surface area contributed by atoms with Crippen molar-refractivity contribution >= 4 is 23.4 Å². The summed E-state index contributed by atoms with van der Waals surface area (Å²) in [6.07, 6.45) is 0. The largest absolute Gasteiger partial charge is 0.324 e. The predicted molar refractivity (Wildman–Crippen MR) is 84.1 cm³/mol. The highest BCUT2D eigenvalue weighted by molar-refractivity contribution is 7.99. The first-order chi connectivity index (χ1) is 8.97. The molecule has 100 valence electrons. The lowest BCUT2D eigenvalue weighted by Gasteiger charge is -2.11. The van der Waals surface area contributed by atoms with E-state index in [2.05, 4.69) is 32.0 Å². The Kier molecular flexibility index (Phi) is 4.56. The van der Waals surface area contributed by atoms with Gasteiger partial charge in [-0.25, -0.2) is 0 Å². The molecule has 3 heteroatoms. The highest BCUT2D eigenvalue weighted by Crippen LogP contribution is 2.36. The van der Waals surface area contributed by atoms with Gasteiger partial charge in [0.15, 0.2) is 0 Å². The molecule has 0 saturated heterocycles. The maximum atomic E-state index is 6.33. The second kappa shape index (κ2) is 6.00. The topological polar surface area (TPSA) is 26.0 Å². The number of benzene rings is 2. The molecule has 19 heavy (non-hydrogen) atoms. The molecule has 0 fully saturated rings. The third-order valence-electron chi connectivity index (χ3n) is 3.03. The van der Waals surface area contributed by atoms with Gasteiger partial charge in [0.05, 0.1) is 5.02 Å². The highest BCUT2D eigenvalue weighted by Gasteiger charge is 2.08. The molecule has 0 unspecified atom stereocenters. The SMILES string of the molecule is Cc1ccc(Sc2ccc([C@H](C)N)cc2Cl)c(C)c1. The van der Waals surface area contributed by atoms with Crippen LogP contribution in [-0.4, -0.2) is 0 Å². The molecule has 0 bridgehead atoms. The number of nitrogens with two attached hydrogens (primary N) is 1. The Labute approximate surface area is 124 Å². The van der Waals surface area contributed by atoms with Gasteiger partial charge in [-0.15, -0.1) is 0 Å². The average molecular weight is 292 g/mol. The van der Waals surface area contributed by atoms with Crippen molar-refractivity contribution in [3.8, 4) is 0 Å². The van der Waals surface area contributed by atoms with Crippen LogP contribution >= 0.6 is 23.4 Å². The fourth-order valence-corrected chi connectivity index (χ4v) is 3.11. The maximum absolute atomic E-state index is 6.33. The van der Waals surface area contributed by atoms with Crippen LogP contribution in [0.5, 0.6) is 0 Å². The van der Waals surface area contributed by atoms with Gasteiger partial charge in [-0.2, -0.15) is 0 Å². The minimum atomic E-state index is 0.0117. The van der Waals surface area contributed by atoms with E-state index in [1.807, 2.05) is 25.1 Å². The Morgan fingerprint density at radius 2 is 1.74 bits per heavy atom. The molecule has 0 aliphatic heterocycles. The van der Waals surface area contributed by atoms with E-state index >= 15 is 0 Å². The molecule has 0 heterocycles. The molecule has 0 radical (unpaired) electrons. The first-order valence-corrected chi connectivity index (χ1v) is 7.47. The normalized spacial score (nSPS) is 12.5. The molecule has 0 aliphatic carbocycles. The monoisotopic (exact) mass is 291 g/mol. The zero-order valence-corrected chi connectivity index (χ0v) is 13.0. The van der Waals surface area contributed by atoms with E-state index < -0.39 is 0 Å². The summed E-state index contributed by atoms with van der Waals surface area (Å²) in [5, 5.41) is 0.764. The predicted octanol–water partition coefficient (Wildman–Crippen LogP) is 5.13. The Bertz CT molecular complexity index is 593. The lowest BCUT2D eigenvalue weighted by Crippen LogP contribution is -2.04. The molecule has 0 aromatic heterocycles. The minimum absolute atomic E-state index is 0.0117. The van der Waals surface area contributed by atoms with Crippen molar-refractivity contribution in [2.24, 2.45) is 5.73 Å². The Morgan fingerprint density at radius 1 is 1.05 bits per heavy atom. The van der Waals surface area contributed by atoms with Gasteiger partial charge in [-0.05, 0) is 50.1 Å². The van der Waals surface area contributed by atoms with Crippen molar-refractivity contribution in [1.29, 1.82) is 0 Å². The van der Waals surface area contributed by atoms with Crippen LogP contribution in [0.1, 0.15) is 29.7 Å². The molecule has 2 rings (SSSR count). The van der Waals surface area contributed by atoms with Crippen LogP contribution in [-0.2, 0) is 0 Å². The third kappa shape index (κ3) is 3.53. The molecule has 2 aromatic rings. The molecule has 0 spiro atoms. The minimum Gasteiger partial charge on any atom is -0.324 e. The number of aryl methyl sites for hydroxylation is 2. The van der Waals surface area contributed by atoms with Crippen molar-refractivity contribution in [1.82, 2.24) is 0 Å². The molecule has 2 aromatic carbocycles. The van der Waals surface area contributed by atoms with Crippen LogP contribution < -0.4 is 5.73 Å². The highest BCUT2D eigenvalue weighted by atomic mass is 35.5. The molecule has 1 atom stereocenters. The van der Waals surface area contributed by atoms with E-state index in [-0.39, 0.29) is 6.04 Å². The molecule has 0 saturated carbocycles. The summed E-state index contributed by atoms with van der Waals surface area (Å²) in [4.78, 5) is 2.30. The molecule has 0 aliphatic rings. The number of hydrogen-bond acceptors (Lipinski definition) is 2. The van der Waals surface area contributed by atoms with Crippen LogP contribution in [0.15, 0.2) is 46.2 Å². The summed E-state index contributed by atoms with van der Waals surface area (Å²) in [5.74, 6) is 0. The summed E-state index contributed by atoms with van der Waals surface area (Å²) in [7, 11) is 0. The molecule has 1 nitrogen and oxygen atoms in total. The van der Waals surface area contributed by atoms with Gasteiger partial charge in [0.25, 0.3) is 0 Å². The zero-order chi connectivity index (χ0) is 14.0. The van der Waals surface area contributed by atoms with E-state index in [1.54, 1.807) is 11.8 Å². The summed E-state index contributed by atoms with van der Waals surface area (Å²) in [5.41, 5.74) is 9.48. The zero-order valence-electron chi connectivity index (χ0n) is 11.4. The molecule has 2 N–H and O–H groups in total. The summed E-state index contributed by atoms with van der Waals surface area (Å²) < 4.78 is 0. The number of halogens is 1. The van der Waals surface area contributed by atoms with Crippen LogP contribution in [0, 0.1) is 13.8 Å². The van der Waals surface area contributed by atoms with Gasteiger partial charge >= 0.3 is 0 Å². The Balaban J connectivity index is 2.28. The van der Waals surface area contributed by atoms with Crippen molar-refractivity contribution in [3.63, 3.8) is 0 Å². The fraction of sp³-hybridized carbons (Fsp3) is 0.250. The standard InChI is InChI=1S/C16H18ClNS/c1-10-4-6-15(11(2)8-10)19-16-7-5-13(12(3)18)9-14(16)17/h4-9,12H,18H2,1-3H3/t12-/m0/s1. The number of hydrogen-bond donors (Lipinski definition) is 1. The average Bonchev–Trinajstić information content (AvgIpc) is 2.34. The van der Waals surface area contributed by atoms with Crippen LogP contribution in [0.25, 0.3) is 0 Å². The van der Waals surface area contributed by atoms with Gasteiger partial charge < -0.3 is 5.73 Å². The van der Waals surface area contributed by atoms with E-state index in [9.17, 15) is 0 Å². The second-order valence-corrected chi connectivity index (χ2v) is 6.34. The lowest BCUT2D eigenvalue weighted by atomic mass is 10.1. The molecular formula is C16H18ClNS. The second-order valence-electron chi connectivity index (χ2n) is 4.85. The van der Waals surface area contributed by atoms with Gasteiger partial charge in [0.2, 0.25) is 0 Å². The van der Waals surface area contributed by atoms with Gasteiger partial charge in [-0.1, -0.05) is 47.1 Å². The van der Waals surface area contributed by atoms with Crippen LogP contribution in [0.3, 0.4) is 0 Å². The summed E-state index contributed by atoms with van der Waals surface area (Å²) in [6, 6.07) is 12.5. The van der Waals surface area contributed by atoms with E-state index in [0.29, 0.717) is 0 Å². The third-order valence-corrected chi connectivity index (χ3v) is 4.71. The summed E-state index contributed by atoms with van der Waals surface area (Å²) >= 11 is 8.03. The Hall–Kier alpha value is -0.960. The quantitative estimate of drug-likeness (QED) is 0.848. The molecule has 0 amide bonds. The van der Waals surface area contributed by atoms with Crippen molar-refractivity contribution in [2.75, 3.05) is 0 Å². The number of rotatable bonds is 3. The van der Waals surface area contributed by atoms with E-state index in [4.69, 9.17) is 17.3 Å². The van der Waals surface area contributed by atoms with Crippen LogP contribution in [0.2, 0.25) is 5.02 Å². The maximum Gasteiger partial charge on any atom is 0.0548 e. The van der Waals surface area contributed by atoms with Crippen molar-refractivity contribution < 1.29 is 0 Å². The Morgan fingerprint density at radius 3 is 2.32 bits per heavy atom. The molecular weight excluding hydrogens is 274 g/mol. The van der Waals surface area contributed by atoms with Crippen molar-refractivity contribution in [3.05, 3.63) is 58.1 Å². The van der Waals surface area contributed by atoms with Gasteiger partial charge in [0.1, 0.15) is 0 Å². The van der Waals surface area contributed by atoms with Gasteiger partial charge in [0, 0.05) is 15.8 Å². The smallest absolute Gasteiger partial charge is 0.0548 e. The van der Waals surface area contributed by atoms with Gasteiger partial charge in [-0.3, -0.25) is 0 Å². The van der Waals surface area contributed by atoms with E-state index in [1.165, 1.54) is 16.0 Å². The lowest BCUT2D eigenvalue weighted by molar-refractivity contribution is 0.817. The van der Waals surface area contributed by atoms with Crippen LogP contribution in [0.4, 0.5) is 0 Å². The van der Waals surface area contributed by atoms with E-state index in [0.717, 1.165) is 15.5 Å². The first kappa shape index (κ1) is 14.4. The summed E-state index contributed by atoms with van der Waals surface area (Å²) in [6.45, 7) is 6.19. The first-order valence-electron chi connectivity index (χ1n) is 6.27. The fourth-order valence-electron chi connectivity index (χ4n) is 1.92. The van der Waals surface area contributed by atoms with Crippen molar-refractivity contribution in [2.45, 2.75) is 36.6 Å².